The molecule has 3 aromatic carbocycles. The van der Waals surface area contributed by atoms with Crippen LogP contribution in [0.5, 0.6) is 11.5 Å². The molecule has 0 radical (unpaired) electrons. The first-order valence-corrected chi connectivity index (χ1v) is 18.0. The minimum absolute atomic E-state index is 0.0671. The average Bonchev–Trinajstić information content (AvgIpc) is 3.60. The van der Waals surface area contributed by atoms with Gasteiger partial charge in [-0.3, -0.25) is 24.2 Å². The van der Waals surface area contributed by atoms with Crippen molar-refractivity contribution in [3.05, 3.63) is 102 Å². The highest BCUT2D eigenvalue weighted by atomic mass is 16.5. The van der Waals surface area contributed by atoms with Crippen molar-refractivity contribution in [2.75, 3.05) is 40.3 Å². The normalized spacial score (nSPS) is 18.8. The maximum atomic E-state index is 14.3. The Kier molecular flexibility index (Phi) is 11.4. The molecule has 11 nitrogen and oxygen atoms in total. The van der Waals surface area contributed by atoms with Crippen molar-refractivity contribution in [3.63, 3.8) is 0 Å². The Labute approximate surface area is 304 Å². The van der Waals surface area contributed by atoms with Gasteiger partial charge in [-0.1, -0.05) is 54.6 Å². The summed E-state index contributed by atoms with van der Waals surface area (Å²) in [6.07, 6.45) is 3.54. The molecule has 4 aromatic rings. The van der Waals surface area contributed by atoms with Gasteiger partial charge in [0.2, 0.25) is 11.8 Å². The van der Waals surface area contributed by atoms with E-state index >= 15 is 0 Å². The standard InChI is InChI=1S/C41H47N5O6/c1-26(2)52-36-18-17-29(20-37(36)51-4)40(49)45-22-31-23-46(41(50)35-19-28-14-8-9-15-30(28)21-43-35)25-33(32(31)24-45)38(47)44-34(39(48)42-3)16-10-13-27-11-6-5-7-12-27/h5-9,11-12,14-15,17-21,26,31-34H,10,13,16,22-25H2,1-4H3,(H,42,48)(H,44,47)/t31?,32?,33?,34-/m0/s1. The van der Waals surface area contributed by atoms with Crippen LogP contribution in [0.4, 0.5) is 0 Å². The number of likely N-dealkylation sites (N-methyl/N-ethyl adjacent to an activating group) is 1. The Hall–Kier alpha value is -5.45. The molecule has 0 aliphatic carbocycles. The highest BCUT2D eigenvalue weighted by Crippen LogP contribution is 2.38. The number of piperidine rings is 1. The first kappa shape index (κ1) is 36.3. The molecule has 2 aliphatic heterocycles. The number of aryl methyl sites for hydroxylation is 1. The molecule has 0 bridgehead atoms. The van der Waals surface area contributed by atoms with Gasteiger partial charge < -0.3 is 29.9 Å². The van der Waals surface area contributed by atoms with E-state index in [0.717, 1.165) is 22.8 Å². The number of aromatic nitrogens is 1. The van der Waals surface area contributed by atoms with Crippen molar-refractivity contribution in [1.82, 2.24) is 25.4 Å². The molecule has 1 aromatic heterocycles. The predicted molar refractivity (Wildman–Crippen MR) is 198 cm³/mol. The third kappa shape index (κ3) is 8.19. The monoisotopic (exact) mass is 705 g/mol. The molecule has 2 saturated heterocycles. The zero-order valence-electron chi connectivity index (χ0n) is 30.2. The Balaban J connectivity index is 1.24. The largest absolute Gasteiger partial charge is 0.493 e. The minimum Gasteiger partial charge on any atom is -0.493 e. The molecule has 3 heterocycles. The van der Waals surface area contributed by atoms with Crippen molar-refractivity contribution >= 4 is 34.4 Å². The quantitative estimate of drug-likeness (QED) is 0.218. The first-order valence-electron chi connectivity index (χ1n) is 18.0. The van der Waals surface area contributed by atoms with E-state index in [9.17, 15) is 19.2 Å². The number of likely N-dealkylation sites (tertiary alicyclic amines) is 2. The van der Waals surface area contributed by atoms with Gasteiger partial charge in [0.25, 0.3) is 11.8 Å². The summed E-state index contributed by atoms with van der Waals surface area (Å²) >= 11 is 0. The van der Waals surface area contributed by atoms with E-state index in [-0.39, 0.29) is 48.1 Å². The van der Waals surface area contributed by atoms with Crippen molar-refractivity contribution in [1.29, 1.82) is 0 Å². The fourth-order valence-corrected chi connectivity index (χ4v) is 7.46. The van der Waals surface area contributed by atoms with Crippen LogP contribution in [0.15, 0.2) is 85.1 Å². The number of carbonyl (C=O) groups is 4. The van der Waals surface area contributed by atoms with Crippen molar-refractivity contribution in [2.45, 2.75) is 45.3 Å². The van der Waals surface area contributed by atoms with Crippen molar-refractivity contribution in [3.8, 4) is 11.5 Å². The second-order valence-corrected chi connectivity index (χ2v) is 14.0. The van der Waals surface area contributed by atoms with Gasteiger partial charge in [-0.15, -0.1) is 0 Å². The summed E-state index contributed by atoms with van der Waals surface area (Å²) in [5.41, 5.74) is 1.90. The van der Waals surface area contributed by atoms with E-state index in [0.29, 0.717) is 55.2 Å². The highest BCUT2D eigenvalue weighted by molar-refractivity contribution is 5.97. The van der Waals surface area contributed by atoms with Gasteiger partial charge in [-0.2, -0.15) is 0 Å². The van der Waals surface area contributed by atoms with Crippen LogP contribution in [-0.2, 0) is 16.0 Å². The molecule has 0 saturated carbocycles. The number of rotatable bonds is 12. The molecule has 3 unspecified atom stereocenters. The van der Waals surface area contributed by atoms with Gasteiger partial charge in [0.05, 0.1) is 19.1 Å². The molecule has 2 fully saturated rings. The van der Waals surface area contributed by atoms with Crippen LogP contribution >= 0.6 is 0 Å². The van der Waals surface area contributed by atoms with Crippen molar-refractivity contribution < 1.29 is 28.7 Å². The summed E-state index contributed by atoms with van der Waals surface area (Å²) in [5.74, 6) is -1.09. The van der Waals surface area contributed by atoms with Gasteiger partial charge in [0, 0.05) is 50.4 Å². The van der Waals surface area contributed by atoms with Crippen molar-refractivity contribution in [2.24, 2.45) is 17.8 Å². The van der Waals surface area contributed by atoms with Gasteiger partial charge in [0.15, 0.2) is 11.5 Å². The van der Waals surface area contributed by atoms with Crippen LogP contribution < -0.4 is 20.1 Å². The number of nitrogens with one attached hydrogen (secondary N) is 2. The number of methoxy groups -OCH3 is 1. The molecule has 2 N–H and O–H groups in total. The Morgan fingerprint density at radius 3 is 2.27 bits per heavy atom. The Bertz CT molecular complexity index is 1920. The summed E-state index contributed by atoms with van der Waals surface area (Å²) in [4.78, 5) is 63.2. The number of pyridine rings is 1. The van der Waals surface area contributed by atoms with E-state index in [1.807, 2.05) is 68.4 Å². The molecule has 272 valence electrons. The number of carbonyl (C=O) groups excluding carboxylic acids is 4. The van der Waals surface area contributed by atoms with E-state index in [4.69, 9.17) is 9.47 Å². The Morgan fingerprint density at radius 2 is 1.56 bits per heavy atom. The number of benzene rings is 3. The summed E-state index contributed by atoms with van der Waals surface area (Å²) in [5, 5.41) is 7.55. The summed E-state index contributed by atoms with van der Waals surface area (Å²) in [7, 11) is 3.09. The molecule has 4 atom stereocenters. The second kappa shape index (κ2) is 16.3. The molecule has 52 heavy (non-hydrogen) atoms. The van der Waals surface area contributed by atoms with Crippen LogP contribution in [0.2, 0.25) is 0 Å². The maximum absolute atomic E-state index is 14.3. The molecule has 6 rings (SSSR count). The van der Waals surface area contributed by atoms with E-state index < -0.39 is 12.0 Å². The molecular formula is C41H47N5O6. The molecule has 2 aliphatic rings. The lowest BCUT2D eigenvalue weighted by Crippen LogP contribution is -2.56. The second-order valence-electron chi connectivity index (χ2n) is 14.0. The minimum atomic E-state index is -0.744. The summed E-state index contributed by atoms with van der Waals surface area (Å²) in [6.45, 7) is 5.05. The number of ether oxygens (including phenoxy) is 2. The third-order valence-electron chi connectivity index (χ3n) is 10.1. The third-order valence-corrected chi connectivity index (χ3v) is 10.1. The van der Waals surface area contributed by atoms with E-state index in [1.165, 1.54) is 7.11 Å². The zero-order chi connectivity index (χ0) is 36.8. The first-order chi connectivity index (χ1) is 25.1. The van der Waals surface area contributed by atoms with Gasteiger partial charge >= 0.3 is 0 Å². The van der Waals surface area contributed by atoms with Crippen LogP contribution in [0.3, 0.4) is 0 Å². The van der Waals surface area contributed by atoms with E-state index in [2.05, 4.69) is 15.6 Å². The number of nitrogens with zero attached hydrogens (tertiary/aromatic N) is 3. The summed E-state index contributed by atoms with van der Waals surface area (Å²) < 4.78 is 11.4. The van der Waals surface area contributed by atoms with Gasteiger partial charge in [0.1, 0.15) is 11.7 Å². The van der Waals surface area contributed by atoms with Crippen LogP contribution in [0.1, 0.15) is 53.1 Å². The highest BCUT2D eigenvalue weighted by Gasteiger charge is 2.48. The molecular weight excluding hydrogens is 658 g/mol. The van der Waals surface area contributed by atoms with Crippen LogP contribution in [0.25, 0.3) is 10.8 Å². The lowest BCUT2D eigenvalue weighted by atomic mass is 9.79. The average molecular weight is 706 g/mol. The smallest absolute Gasteiger partial charge is 0.272 e. The molecule has 4 amide bonds. The van der Waals surface area contributed by atoms with E-state index in [1.54, 1.807) is 47.3 Å². The van der Waals surface area contributed by atoms with Gasteiger partial charge in [-0.25, -0.2) is 0 Å². The molecule has 11 heteroatoms. The lowest BCUT2D eigenvalue weighted by Gasteiger charge is -2.39. The van der Waals surface area contributed by atoms with Crippen LogP contribution in [-0.4, -0.2) is 90.9 Å². The zero-order valence-corrected chi connectivity index (χ0v) is 30.2. The fourth-order valence-electron chi connectivity index (χ4n) is 7.46. The SMILES string of the molecule is CNC(=O)[C@H](CCCc1ccccc1)NC(=O)C1CN(C(=O)c2cc3ccccc3cn2)CC2CN(C(=O)c3ccc(OC(C)C)c(OC)c3)CC21. The number of hydrogen-bond donors (Lipinski definition) is 2. The molecule has 0 spiro atoms. The lowest BCUT2D eigenvalue weighted by molar-refractivity contribution is -0.133. The topological polar surface area (TPSA) is 130 Å². The number of fused-ring (bicyclic) bond motifs is 2. The predicted octanol–water partition coefficient (Wildman–Crippen LogP) is 4.74. The number of amides is 4. The number of hydrogen-bond acceptors (Lipinski definition) is 7. The van der Waals surface area contributed by atoms with Gasteiger partial charge in [-0.05, 0) is 80.2 Å². The Morgan fingerprint density at radius 1 is 0.846 bits per heavy atom. The maximum Gasteiger partial charge on any atom is 0.272 e. The van der Waals surface area contributed by atoms with Crippen LogP contribution in [0, 0.1) is 17.8 Å². The fraction of sp³-hybridized carbons (Fsp3) is 0.390. The summed E-state index contributed by atoms with van der Waals surface area (Å²) in [6, 6.07) is 23.9.